The molecule has 2 bridgehead atoms. The van der Waals surface area contributed by atoms with Crippen molar-refractivity contribution in [2.45, 2.75) is 57.7 Å². The van der Waals surface area contributed by atoms with Crippen molar-refractivity contribution in [3.8, 4) is 11.3 Å². The molecule has 2 aromatic rings. The maximum absolute atomic E-state index is 14.3. The van der Waals surface area contributed by atoms with Crippen molar-refractivity contribution in [2.75, 3.05) is 14.1 Å². The number of fused-ring (bicyclic) bond motifs is 5. The Labute approximate surface area is 175 Å². The Balaban J connectivity index is 1.80. The van der Waals surface area contributed by atoms with Crippen molar-refractivity contribution >= 4 is 5.91 Å². The van der Waals surface area contributed by atoms with Crippen LogP contribution in [0, 0.1) is 17.0 Å². The number of likely N-dealkylation sites (N-methyl/N-ethyl adjacent to an activating group) is 1. The van der Waals surface area contributed by atoms with E-state index in [-0.39, 0.29) is 28.5 Å². The van der Waals surface area contributed by atoms with Gasteiger partial charge in [-0.3, -0.25) is 4.79 Å². The van der Waals surface area contributed by atoms with Crippen molar-refractivity contribution in [2.24, 2.45) is 5.41 Å². The summed E-state index contributed by atoms with van der Waals surface area (Å²) in [6, 6.07) is 5.50. The number of benzene rings is 1. The first-order chi connectivity index (χ1) is 14.1. The molecule has 160 valence electrons. The summed E-state index contributed by atoms with van der Waals surface area (Å²) in [4.78, 5) is 14.2. The molecule has 1 fully saturated rings. The molecular formula is C23H27F2N3O2. The lowest BCUT2D eigenvalue weighted by Crippen LogP contribution is -2.46. The first-order valence-electron chi connectivity index (χ1n) is 10.4. The molecule has 3 atom stereocenters. The van der Waals surface area contributed by atoms with Gasteiger partial charge in [0.05, 0.1) is 17.0 Å². The summed E-state index contributed by atoms with van der Waals surface area (Å²) in [5.74, 6) is -1.30. The lowest BCUT2D eigenvalue weighted by atomic mass is 9.77. The van der Waals surface area contributed by atoms with Gasteiger partial charge in [-0.05, 0) is 48.9 Å². The highest BCUT2D eigenvalue weighted by atomic mass is 19.1. The summed E-state index contributed by atoms with van der Waals surface area (Å²) < 4.78 is 35.2. The molecule has 0 saturated heterocycles. The van der Waals surface area contributed by atoms with Crippen LogP contribution in [0.4, 0.5) is 8.78 Å². The Morgan fingerprint density at radius 1 is 1.27 bits per heavy atom. The average molecular weight is 415 g/mol. The Hall–Kier alpha value is -2.41. The van der Waals surface area contributed by atoms with Crippen molar-refractivity contribution in [3.63, 3.8) is 0 Å². The van der Waals surface area contributed by atoms with E-state index in [1.807, 2.05) is 6.92 Å². The Morgan fingerprint density at radius 3 is 2.53 bits per heavy atom. The SMILES string of the molecule is CCC(O[C@@]12CC[C@@H](c3cc(-c4c(F)cccc4F)nnc31)C2(C)C)C(=O)N(C)C. The number of rotatable bonds is 5. The van der Waals surface area contributed by atoms with Crippen LogP contribution in [0.25, 0.3) is 11.3 Å². The van der Waals surface area contributed by atoms with Gasteiger partial charge in [0.2, 0.25) is 0 Å². The fraction of sp³-hybridized carbons (Fsp3) is 0.522. The largest absolute Gasteiger partial charge is 0.355 e. The van der Waals surface area contributed by atoms with E-state index in [1.165, 1.54) is 23.1 Å². The molecule has 0 radical (unpaired) electrons. The van der Waals surface area contributed by atoms with Crippen LogP contribution in [0.15, 0.2) is 24.3 Å². The average Bonchev–Trinajstić information content (AvgIpc) is 3.05. The minimum Gasteiger partial charge on any atom is -0.355 e. The second-order valence-corrected chi connectivity index (χ2v) is 9.02. The highest BCUT2D eigenvalue weighted by Gasteiger charge is 2.65. The molecule has 1 saturated carbocycles. The first kappa shape index (κ1) is 20.8. The van der Waals surface area contributed by atoms with Gasteiger partial charge in [-0.25, -0.2) is 8.78 Å². The molecule has 7 heteroatoms. The van der Waals surface area contributed by atoms with E-state index in [2.05, 4.69) is 24.0 Å². The molecule has 5 nitrogen and oxygen atoms in total. The van der Waals surface area contributed by atoms with E-state index in [9.17, 15) is 13.6 Å². The normalized spacial score (nSPS) is 24.6. The van der Waals surface area contributed by atoms with E-state index < -0.39 is 23.3 Å². The van der Waals surface area contributed by atoms with E-state index in [4.69, 9.17) is 4.74 Å². The van der Waals surface area contributed by atoms with Crippen molar-refractivity contribution < 1.29 is 18.3 Å². The molecule has 4 rings (SSSR count). The fourth-order valence-corrected chi connectivity index (χ4v) is 5.24. The van der Waals surface area contributed by atoms with Gasteiger partial charge in [0.15, 0.2) is 0 Å². The summed E-state index contributed by atoms with van der Waals surface area (Å²) in [6.07, 6.45) is 1.55. The molecule has 1 unspecified atom stereocenters. The summed E-state index contributed by atoms with van der Waals surface area (Å²) in [5, 5.41) is 8.61. The highest BCUT2D eigenvalue weighted by molar-refractivity contribution is 5.80. The third kappa shape index (κ3) is 2.78. The molecule has 2 aliphatic carbocycles. The molecule has 1 heterocycles. The first-order valence-corrected chi connectivity index (χ1v) is 10.4. The van der Waals surface area contributed by atoms with Crippen molar-refractivity contribution in [3.05, 3.63) is 47.2 Å². The van der Waals surface area contributed by atoms with Crippen LogP contribution < -0.4 is 0 Å². The molecule has 1 aromatic heterocycles. The second-order valence-electron chi connectivity index (χ2n) is 9.02. The number of amides is 1. The van der Waals surface area contributed by atoms with E-state index in [0.717, 1.165) is 18.4 Å². The predicted molar refractivity (Wildman–Crippen MR) is 109 cm³/mol. The lowest BCUT2D eigenvalue weighted by Gasteiger charge is -2.40. The van der Waals surface area contributed by atoms with Crippen LogP contribution in [-0.2, 0) is 15.1 Å². The molecular weight excluding hydrogens is 388 g/mol. The minimum absolute atomic E-state index is 0.0856. The Morgan fingerprint density at radius 2 is 1.93 bits per heavy atom. The summed E-state index contributed by atoms with van der Waals surface area (Å²) in [5.41, 5.74) is 0.534. The molecule has 0 aliphatic heterocycles. The predicted octanol–water partition coefficient (Wildman–Crippen LogP) is 4.42. The highest BCUT2D eigenvalue weighted by Crippen LogP contribution is 2.68. The summed E-state index contributed by atoms with van der Waals surface area (Å²) >= 11 is 0. The number of nitrogens with zero attached hydrogens (tertiary/aromatic N) is 3. The van der Waals surface area contributed by atoms with Gasteiger partial charge in [-0.1, -0.05) is 26.8 Å². The number of hydrogen-bond donors (Lipinski definition) is 0. The van der Waals surface area contributed by atoms with Gasteiger partial charge in [0.25, 0.3) is 5.91 Å². The maximum atomic E-state index is 14.3. The number of carbonyl (C=O) groups excluding carboxylic acids is 1. The number of carbonyl (C=O) groups is 1. The number of halogens is 2. The zero-order chi connectivity index (χ0) is 21.8. The van der Waals surface area contributed by atoms with Crippen LogP contribution in [-0.4, -0.2) is 41.2 Å². The standard InChI is InChI=1S/C23H27F2N3O2/c1-6-18(21(29)28(4)5)30-23-11-10-14(22(23,2)3)13-12-17(26-27-20(13)23)19-15(24)8-7-9-16(19)25/h7-9,12,14,18H,6,10-11H2,1-5H3/t14-,18?,23-/m0/s1. The zero-order valence-corrected chi connectivity index (χ0v) is 18.0. The van der Waals surface area contributed by atoms with Crippen LogP contribution >= 0.6 is 0 Å². The Bertz CT molecular complexity index is 988. The number of aromatic nitrogens is 2. The van der Waals surface area contributed by atoms with E-state index >= 15 is 0 Å². The topological polar surface area (TPSA) is 55.3 Å². The van der Waals surface area contributed by atoms with Gasteiger partial charge in [-0.2, -0.15) is 5.10 Å². The third-order valence-electron chi connectivity index (χ3n) is 6.93. The number of ether oxygens (including phenoxy) is 1. The van der Waals surface area contributed by atoms with E-state index in [1.54, 1.807) is 20.2 Å². The van der Waals surface area contributed by atoms with Gasteiger partial charge >= 0.3 is 0 Å². The van der Waals surface area contributed by atoms with Crippen LogP contribution in [0.2, 0.25) is 0 Å². The van der Waals surface area contributed by atoms with Crippen molar-refractivity contribution in [1.82, 2.24) is 15.1 Å². The fourth-order valence-electron chi connectivity index (χ4n) is 5.24. The summed E-state index contributed by atoms with van der Waals surface area (Å²) in [6.45, 7) is 6.15. The second kappa shape index (κ2) is 7.08. The monoisotopic (exact) mass is 415 g/mol. The van der Waals surface area contributed by atoms with Crippen LogP contribution in [0.3, 0.4) is 0 Å². The van der Waals surface area contributed by atoms with Crippen molar-refractivity contribution in [1.29, 1.82) is 0 Å². The van der Waals surface area contributed by atoms with Crippen LogP contribution in [0.1, 0.15) is 57.2 Å². The summed E-state index contributed by atoms with van der Waals surface area (Å²) in [7, 11) is 3.43. The quantitative estimate of drug-likeness (QED) is 0.726. The molecule has 2 aliphatic rings. The third-order valence-corrected chi connectivity index (χ3v) is 6.93. The molecule has 1 amide bonds. The van der Waals surface area contributed by atoms with E-state index in [0.29, 0.717) is 12.1 Å². The van der Waals surface area contributed by atoms with Gasteiger partial charge < -0.3 is 9.64 Å². The molecule has 30 heavy (non-hydrogen) atoms. The lowest BCUT2D eigenvalue weighted by molar-refractivity contribution is -0.174. The molecule has 1 aromatic carbocycles. The van der Waals surface area contributed by atoms with Gasteiger partial charge in [0.1, 0.15) is 23.3 Å². The molecule has 0 spiro atoms. The van der Waals surface area contributed by atoms with Crippen LogP contribution in [0.5, 0.6) is 0 Å². The minimum atomic E-state index is -0.751. The smallest absolute Gasteiger partial charge is 0.251 e. The maximum Gasteiger partial charge on any atom is 0.251 e. The Kier molecular flexibility index (Phi) is 4.92. The molecule has 0 N–H and O–H groups in total. The zero-order valence-electron chi connectivity index (χ0n) is 18.0. The number of hydrogen-bond acceptors (Lipinski definition) is 4. The van der Waals surface area contributed by atoms with Gasteiger partial charge in [-0.15, -0.1) is 5.10 Å². The van der Waals surface area contributed by atoms with Gasteiger partial charge in [0, 0.05) is 19.5 Å².